The molecule has 0 aliphatic heterocycles. The summed E-state index contributed by atoms with van der Waals surface area (Å²) in [6.07, 6.45) is 1.20. The highest BCUT2D eigenvalue weighted by Gasteiger charge is 2.06. The van der Waals surface area contributed by atoms with E-state index in [0.717, 1.165) is 23.4 Å². The number of rotatable bonds is 7. The monoisotopic (exact) mass is 375 g/mol. The first-order valence-corrected chi connectivity index (χ1v) is 10.3. The molecule has 0 aliphatic rings. The number of hydrogen-bond donors (Lipinski definition) is 2. The van der Waals surface area contributed by atoms with E-state index in [1.807, 2.05) is 31.2 Å². The third kappa shape index (κ3) is 6.07. The quantitative estimate of drug-likeness (QED) is 0.574. The summed E-state index contributed by atoms with van der Waals surface area (Å²) in [7, 11) is -1.53. The topological polar surface area (TPSA) is 79.8 Å². The molecule has 0 radical (unpaired) electrons. The average Bonchev–Trinajstić information content (AvgIpc) is 2.64. The Morgan fingerprint density at radius 3 is 2.42 bits per heavy atom. The lowest BCUT2D eigenvalue weighted by Gasteiger charge is -2.12. The van der Waals surface area contributed by atoms with Gasteiger partial charge in [0.2, 0.25) is 0 Å². The van der Waals surface area contributed by atoms with Crippen LogP contribution in [0.4, 0.5) is 0 Å². The van der Waals surface area contributed by atoms with Crippen molar-refractivity contribution in [3.8, 4) is 5.75 Å². The maximum absolute atomic E-state index is 11.5. The highest BCUT2D eigenvalue weighted by molar-refractivity contribution is 7.90. The van der Waals surface area contributed by atoms with Crippen molar-refractivity contribution in [1.82, 2.24) is 10.6 Å². The van der Waals surface area contributed by atoms with E-state index in [4.69, 9.17) is 4.74 Å². The van der Waals surface area contributed by atoms with Crippen molar-refractivity contribution in [1.29, 1.82) is 0 Å². The van der Waals surface area contributed by atoms with Gasteiger partial charge in [-0.05, 0) is 42.3 Å². The van der Waals surface area contributed by atoms with Crippen molar-refractivity contribution in [3.05, 3.63) is 59.7 Å². The molecule has 6 nitrogen and oxygen atoms in total. The number of aliphatic imine (C=N–C) groups is 1. The summed E-state index contributed by atoms with van der Waals surface area (Å²) < 4.78 is 28.2. The van der Waals surface area contributed by atoms with E-state index in [0.29, 0.717) is 23.9 Å². The fourth-order valence-electron chi connectivity index (χ4n) is 2.32. The summed E-state index contributed by atoms with van der Waals surface area (Å²) in [4.78, 5) is 4.89. The minimum atomic E-state index is -3.17. The van der Waals surface area contributed by atoms with E-state index in [1.165, 1.54) is 6.26 Å². The van der Waals surface area contributed by atoms with Crippen LogP contribution in [0.3, 0.4) is 0 Å². The summed E-state index contributed by atoms with van der Waals surface area (Å²) in [5.74, 6) is 1.50. The van der Waals surface area contributed by atoms with Crippen LogP contribution in [0.2, 0.25) is 0 Å². The third-order valence-electron chi connectivity index (χ3n) is 3.71. The molecule has 0 atom stereocenters. The summed E-state index contributed by atoms with van der Waals surface area (Å²) in [5.41, 5.74) is 2.03. The Morgan fingerprint density at radius 1 is 1.08 bits per heavy atom. The molecule has 2 aromatic rings. The van der Waals surface area contributed by atoms with Crippen LogP contribution in [-0.2, 0) is 22.9 Å². The number of hydrogen-bond acceptors (Lipinski definition) is 4. The van der Waals surface area contributed by atoms with E-state index in [2.05, 4.69) is 15.6 Å². The summed E-state index contributed by atoms with van der Waals surface area (Å²) in [5, 5.41) is 6.45. The number of ether oxygens (including phenoxy) is 1. The van der Waals surface area contributed by atoms with Crippen LogP contribution in [0, 0.1) is 0 Å². The normalized spacial score (nSPS) is 11.9. The van der Waals surface area contributed by atoms with E-state index in [9.17, 15) is 8.42 Å². The van der Waals surface area contributed by atoms with Gasteiger partial charge in [-0.1, -0.05) is 24.3 Å². The van der Waals surface area contributed by atoms with Gasteiger partial charge >= 0.3 is 0 Å². The molecule has 0 fully saturated rings. The minimum Gasteiger partial charge on any atom is -0.497 e. The molecular weight excluding hydrogens is 350 g/mol. The van der Waals surface area contributed by atoms with Gasteiger partial charge in [0.15, 0.2) is 15.8 Å². The van der Waals surface area contributed by atoms with Crippen molar-refractivity contribution in [2.75, 3.05) is 19.9 Å². The van der Waals surface area contributed by atoms with Crippen LogP contribution in [-0.4, -0.2) is 34.3 Å². The van der Waals surface area contributed by atoms with Crippen LogP contribution >= 0.6 is 0 Å². The van der Waals surface area contributed by atoms with Crippen LogP contribution in [0.1, 0.15) is 18.1 Å². The zero-order valence-corrected chi connectivity index (χ0v) is 16.1. The van der Waals surface area contributed by atoms with Crippen molar-refractivity contribution >= 4 is 15.8 Å². The molecule has 0 saturated carbocycles. The van der Waals surface area contributed by atoms with Crippen LogP contribution in [0.25, 0.3) is 0 Å². The van der Waals surface area contributed by atoms with Crippen LogP contribution in [0.5, 0.6) is 5.75 Å². The lowest BCUT2D eigenvalue weighted by Crippen LogP contribution is -2.36. The highest BCUT2D eigenvalue weighted by atomic mass is 32.2. The Bertz CT molecular complexity index is 847. The molecule has 2 N–H and O–H groups in total. The Balaban J connectivity index is 2.00. The summed E-state index contributed by atoms with van der Waals surface area (Å²) in [6, 6.07) is 14.6. The van der Waals surface area contributed by atoms with Gasteiger partial charge in [0, 0.05) is 19.3 Å². The Hall–Kier alpha value is -2.54. The smallest absolute Gasteiger partial charge is 0.191 e. The first kappa shape index (κ1) is 19.8. The number of nitrogens with zero attached hydrogens (tertiary/aromatic N) is 1. The zero-order valence-electron chi connectivity index (χ0n) is 15.3. The lowest BCUT2D eigenvalue weighted by atomic mass is 10.2. The maximum Gasteiger partial charge on any atom is 0.191 e. The van der Waals surface area contributed by atoms with Crippen molar-refractivity contribution < 1.29 is 13.2 Å². The number of guanidine groups is 1. The zero-order chi connectivity index (χ0) is 19.0. The third-order valence-corrected chi connectivity index (χ3v) is 4.84. The largest absolute Gasteiger partial charge is 0.497 e. The molecule has 0 saturated heterocycles. The average molecular weight is 375 g/mol. The fourth-order valence-corrected chi connectivity index (χ4v) is 2.95. The number of benzene rings is 2. The minimum absolute atomic E-state index is 0.319. The van der Waals surface area contributed by atoms with Crippen molar-refractivity contribution in [2.24, 2.45) is 4.99 Å². The Labute approximate surface area is 155 Å². The predicted octanol–water partition coefficient (Wildman–Crippen LogP) is 2.35. The van der Waals surface area contributed by atoms with Crippen LogP contribution in [0.15, 0.2) is 58.4 Å². The Kier molecular flexibility index (Phi) is 7.03. The molecule has 7 heteroatoms. The molecule has 0 spiro atoms. The number of nitrogens with one attached hydrogen (secondary N) is 2. The first-order chi connectivity index (χ1) is 12.4. The molecule has 0 aliphatic carbocycles. The van der Waals surface area contributed by atoms with Crippen LogP contribution < -0.4 is 15.4 Å². The predicted molar refractivity (Wildman–Crippen MR) is 104 cm³/mol. The molecule has 0 aromatic heterocycles. The van der Waals surface area contributed by atoms with E-state index in [-0.39, 0.29) is 0 Å². The SMILES string of the molecule is CCNC(=NCc1cccc(OC)c1)NCc1ccc(S(C)(=O)=O)cc1. The molecule has 2 aromatic carbocycles. The molecule has 0 amide bonds. The molecule has 0 heterocycles. The van der Waals surface area contributed by atoms with Gasteiger partial charge in [-0.25, -0.2) is 13.4 Å². The number of sulfone groups is 1. The van der Waals surface area contributed by atoms with E-state index < -0.39 is 9.84 Å². The molecular formula is C19H25N3O3S. The van der Waals surface area contributed by atoms with Gasteiger partial charge in [-0.15, -0.1) is 0 Å². The molecule has 2 rings (SSSR count). The van der Waals surface area contributed by atoms with Gasteiger partial charge in [-0.2, -0.15) is 0 Å². The second-order valence-electron chi connectivity index (χ2n) is 5.82. The highest BCUT2D eigenvalue weighted by Crippen LogP contribution is 2.13. The van der Waals surface area contributed by atoms with E-state index in [1.54, 1.807) is 31.4 Å². The molecule has 140 valence electrons. The van der Waals surface area contributed by atoms with Gasteiger partial charge in [-0.3, -0.25) is 0 Å². The van der Waals surface area contributed by atoms with Crippen molar-refractivity contribution in [2.45, 2.75) is 24.9 Å². The summed E-state index contributed by atoms with van der Waals surface area (Å²) >= 11 is 0. The molecule has 0 bridgehead atoms. The second-order valence-corrected chi connectivity index (χ2v) is 7.83. The maximum atomic E-state index is 11.5. The second kappa shape index (κ2) is 9.24. The van der Waals surface area contributed by atoms with Gasteiger partial charge in [0.1, 0.15) is 5.75 Å². The first-order valence-electron chi connectivity index (χ1n) is 8.36. The van der Waals surface area contributed by atoms with Gasteiger partial charge < -0.3 is 15.4 Å². The Morgan fingerprint density at radius 2 is 1.81 bits per heavy atom. The standard InChI is InChI=1S/C19H25N3O3S/c1-4-20-19(22-14-16-6-5-7-17(12-16)25-2)21-13-15-8-10-18(11-9-15)26(3,23)24/h5-12H,4,13-14H2,1-3H3,(H2,20,21,22). The lowest BCUT2D eigenvalue weighted by molar-refractivity contribution is 0.414. The van der Waals surface area contributed by atoms with Gasteiger partial charge in [0.05, 0.1) is 18.6 Å². The fraction of sp³-hybridized carbons (Fsp3) is 0.316. The van der Waals surface area contributed by atoms with E-state index >= 15 is 0 Å². The number of methoxy groups -OCH3 is 1. The summed E-state index contributed by atoms with van der Waals surface area (Å²) in [6.45, 7) is 3.83. The van der Waals surface area contributed by atoms with Gasteiger partial charge in [0.25, 0.3) is 0 Å². The molecule has 26 heavy (non-hydrogen) atoms. The van der Waals surface area contributed by atoms with Crippen molar-refractivity contribution in [3.63, 3.8) is 0 Å². The molecule has 0 unspecified atom stereocenters.